The Morgan fingerprint density at radius 3 is 2.69 bits per heavy atom. The fraction of sp³-hybridized carbons (Fsp3) is 0.520. The van der Waals surface area contributed by atoms with Gasteiger partial charge in [0.15, 0.2) is 0 Å². The predicted molar refractivity (Wildman–Crippen MR) is 119 cm³/mol. The lowest BCUT2D eigenvalue weighted by molar-refractivity contribution is 0.0195. The Hall–Kier alpha value is -1.88. The van der Waals surface area contributed by atoms with Crippen LogP contribution in [0.2, 0.25) is 0 Å². The molecule has 1 aromatic carbocycles. The third-order valence-corrected chi connectivity index (χ3v) is 5.76. The van der Waals surface area contributed by atoms with Crippen LogP contribution in [0.5, 0.6) is 0 Å². The van der Waals surface area contributed by atoms with Gasteiger partial charge in [-0.15, -0.1) is 6.58 Å². The molecule has 0 spiro atoms. The zero-order valence-electron chi connectivity index (χ0n) is 17.6. The van der Waals surface area contributed by atoms with E-state index in [1.807, 2.05) is 0 Å². The Morgan fingerprint density at radius 2 is 1.93 bits per heavy atom. The monoisotopic (exact) mass is 396 g/mol. The van der Waals surface area contributed by atoms with Crippen LogP contribution in [0, 0.1) is 5.92 Å². The van der Waals surface area contributed by atoms with Crippen LogP contribution in [0.15, 0.2) is 61.3 Å². The number of benzene rings is 1. The fourth-order valence-electron chi connectivity index (χ4n) is 4.33. The number of aliphatic hydroxyl groups excluding tert-OH is 1. The average molecular weight is 397 g/mol. The summed E-state index contributed by atoms with van der Waals surface area (Å²) < 4.78 is 7.80. The van der Waals surface area contributed by atoms with Gasteiger partial charge in [0, 0.05) is 38.1 Å². The Bertz CT molecular complexity index is 707. The molecule has 0 bridgehead atoms. The summed E-state index contributed by atoms with van der Waals surface area (Å²) in [5.41, 5.74) is 2.60. The number of aliphatic hydroxyl groups is 1. The van der Waals surface area contributed by atoms with E-state index in [-0.39, 0.29) is 0 Å². The zero-order chi connectivity index (χ0) is 20.3. The standard InChI is InChI=1S/C25H36N2O2/c1-2-16-29-21-25(28)20-26(17-22-10-5-3-6-11-22)19-24-14-9-15-27(24)18-23-12-7-4-8-13-23/h2,4,7-9,12-15,22,25,28H,1,3,5-6,10-11,16-21H2. The molecular formula is C25H36N2O2. The number of hydrogen-bond acceptors (Lipinski definition) is 3. The number of aromatic nitrogens is 1. The molecule has 1 heterocycles. The molecule has 0 saturated heterocycles. The molecule has 4 nitrogen and oxygen atoms in total. The van der Waals surface area contributed by atoms with Gasteiger partial charge in [-0.2, -0.15) is 0 Å². The van der Waals surface area contributed by atoms with E-state index >= 15 is 0 Å². The molecule has 29 heavy (non-hydrogen) atoms. The molecule has 0 amide bonds. The summed E-state index contributed by atoms with van der Waals surface area (Å²) in [6.07, 6.45) is 10.1. The van der Waals surface area contributed by atoms with Crippen molar-refractivity contribution in [3.05, 3.63) is 72.6 Å². The van der Waals surface area contributed by atoms with E-state index in [9.17, 15) is 5.11 Å². The van der Waals surface area contributed by atoms with Crippen LogP contribution in [0.4, 0.5) is 0 Å². The van der Waals surface area contributed by atoms with E-state index in [2.05, 4.69) is 64.7 Å². The first-order valence-corrected chi connectivity index (χ1v) is 11.0. The van der Waals surface area contributed by atoms with Gasteiger partial charge in [0.1, 0.15) is 0 Å². The summed E-state index contributed by atoms with van der Waals surface area (Å²) in [5, 5.41) is 10.5. The van der Waals surface area contributed by atoms with Gasteiger partial charge < -0.3 is 14.4 Å². The van der Waals surface area contributed by atoms with Crippen molar-refractivity contribution >= 4 is 0 Å². The highest BCUT2D eigenvalue weighted by molar-refractivity contribution is 5.17. The number of hydrogen-bond donors (Lipinski definition) is 1. The van der Waals surface area contributed by atoms with Crippen LogP contribution in [0.25, 0.3) is 0 Å². The van der Waals surface area contributed by atoms with Crippen molar-refractivity contribution in [1.29, 1.82) is 0 Å². The minimum Gasteiger partial charge on any atom is -0.389 e. The van der Waals surface area contributed by atoms with Gasteiger partial charge in [-0.1, -0.05) is 55.7 Å². The van der Waals surface area contributed by atoms with E-state index < -0.39 is 6.10 Å². The third kappa shape index (κ3) is 7.46. The SMILES string of the molecule is C=CCOCC(O)CN(Cc1cccn1Cc1ccccc1)CC1CCCCC1. The minimum atomic E-state index is -0.476. The topological polar surface area (TPSA) is 37.6 Å². The molecule has 0 radical (unpaired) electrons. The lowest BCUT2D eigenvalue weighted by atomic mass is 9.89. The van der Waals surface area contributed by atoms with Gasteiger partial charge in [0.2, 0.25) is 0 Å². The lowest BCUT2D eigenvalue weighted by Crippen LogP contribution is -2.38. The summed E-state index contributed by atoms with van der Waals surface area (Å²) in [4.78, 5) is 2.43. The third-order valence-electron chi connectivity index (χ3n) is 5.76. The Labute approximate surface area is 175 Å². The first-order valence-electron chi connectivity index (χ1n) is 11.0. The van der Waals surface area contributed by atoms with Crippen LogP contribution >= 0.6 is 0 Å². The Balaban J connectivity index is 1.63. The minimum absolute atomic E-state index is 0.359. The molecule has 1 N–H and O–H groups in total. The highest BCUT2D eigenvalue weighted by Gasteiger charge is 2.20. The molecule has 1 atom stereocenters. The number of rotatable bonds is 12. The maximum atomic E-state index is 10.5. The normalized spacial score (nSPS) is 16.2. The maximum absolute atomic E-state index is 10.5. The summed E-state index contributed by atoms with van der Waals surface area (Å²) in [5.74, 6) is 0.738. The Morgan fingerprint density at radius 1 is 1.14 bits per heavy atom. The van der Waals surface area contributed by atoms with Gasteiger partial charge in [0.25, 0.3) is 0 Å². The molecule has 1 aliphatic rings. The van der Waals surface area contributed by atoms with E-state index in [1.54, 1.807) is 6.08 Å². The zero-order valence-corrected chi connectivity index (χ0v) is 17.6. The molecule has 1 aromatic heterocycles. The molecular weight excluding hydrogens is 360 g/mol. The van der Waals surface area contributed by atoms with Gasteiger partial charge in [-0.25, -0.2) is 0 Å². The van der Waals surface area contributed by atoms with Crippen molar-refractivity contribution in [1.82, 2.24) is 9.47 Å². The molecule has 1 aliphatic carbocycles. The summed E-state index contributed by atoms with van der Waals surface area (Å²) in [7, 11) is 0. The second-order valence-electron chi connectivity index (χ2n) is 8.29. The van der Waals surface area contributed by atoms with Crippen molar-refractivity contribution in [2.75, 3.05) is 26.3 Å². The highest BCUT2D eigenvalue weighted by atomic mass is 16.5. The van der Waals surface area contributed by atoms with Crippen LogP contribution < -0.4 is 0 Å². The van der Waals surface area contributed by atoms with E-state index in [4.69, 9.17) is 4.74 Å². The second-order valence-corrected chi connectivity index (χ2v) is 8.29. The van der Waals surface area contributed by atoms with Gasteiger partial charge in [0.05, 0.1) is 19.3 Å². The molecule has 2 aromatic rings. The van der Waals surface area contributed by atoms with Crippen molar-refractivity contribution in [3.63, 3.8) is 0 Å². The largest absolute Gasteiger partial charge is 0.389 e. The van der Waals surface area contributed by atoms with Crippen LogP contribution in [0.3, 0.4) is 0 Å². The average Bonchev–Trinajstić information content (AvgIpc) is 3.16. The molecule has 0 aliphatic heterocycles. The summed E-state index contributed by atoms with van der Waals surface area (Å²) >= 11 is 0. The lowest BCUT2D eigenvalue weighted by Gasteiger charge is -2.31. The van der Waals surface area contributed by atoms with Crippen molar-refractivity contribution < 1.29 is 9.84 Å². The number of ether oxygens (including phenoxy) is 1. The van der Waals surface area contributed by atoms with E-state index in [0.29, 0.717) is 19.8 Å². The highest BCUT2D eigenvalue weighted by Crippen LogP contribution is 2.25. The Kier molecular flexibility index (Phi) is 9.00. The van der Waals surface area contributed by atoms with Crippen molar-refractivity contribution in [2.24, 2.45) is 5.92 Å². The molecule has 1 saturated carbocycles. The maximum Gasteiger partial charge on any atom is 0.0900 e. The van der Waals surface area contributed by atoms with Crippen molar-refractivity contribution in [3.8, 4) is 0 Å². The summed E-state index contributed by atoms with van der Waals surface area (Å²) in [6.45, 7) is 7.95. The quantitative estimate of drug-likeness (QED) is 0.424. The predicted octanol–water partition coefficient (Wildman–Crippen LogP) is 4.48. The van der Waals surface area contributed by atoms with Gasteiger partial charge in [-0.3, -0.25) is 4.90 Å². The second kappa shape index (κ2) is 12.0. The van der Waals surface area contributed by atoms with Crippen LogP contribution in [-0.2, 0) is 17.8 Å². The molecule has 3 rings (SSSR count). The molecule has 1 fully saturated rings. The molecule has 4 heteroatoms. The number of nitrogens with zero attached hydrogens (tertiary/aromatic N) is 2. The van der Waals surface area contributed by atoms with Gasteiger partial charge >= 0.3 is 0 Å². The van der Waals surface area contributed by atoms with Gasteiger partial charge in [-0.05, 0) is 36.5 Å². The van der Waals surface area contributed by atoms with Crippen LogP contribution in [0.1, 0.15) is 43.4 Å². The van der Waals surface area contributed by atoms with E-state index in [1.165, 1.54) is 43.4 Å². The first-order chi connectivity index (χ1) is 14.2. The smallest absolute Gasteiger partial charge is 0.0900 e. The van der Waals surface area contributed by atoms with E-state index in [0.717, 1.165) is 25.6 Å². The first kappa shape index (κ1) is 21.8. The summed E-state index contributed by atoms with van der Waals surface area (Å²) in [6, 6.07) is 14.9. The fourth-order valence-corrected chi connectivity index (χ4v) is 4.33. The molecule has 1 unspecified atom stereocenters. The molecule has 158 valence electrons. The van der Waals surface area contributed by atoms with Crippen molar-refractivity contribution in [2.45, 2.75) is 51.3 Å². The van der Waals surface area contributed by atoms with Crippen LogP contribution in [-0.4, -0.2) is 47.0 Å².